The van der Waals surface area contributed by atoms with Crippen LogP contribution in [0.4, 0.5) is 0 Å². The van der Waals surface area contributed by atoms with Gasteiger partial charge in [0, 0.05) is 18.8 Å². The van der Waals surface area contributed by atoms with E-state index in [2.05, 4.69) is 20.8 Å². The van der Waals surface area contributed by atoms with Crippen LogP contribution in [0.2, 0.25) is 0 Å². The number of esters is 1. The maximum absolute atomic E-state index is 12.4. The Labute approximate surface area is 137 Å². The van der Waals surface area contributed by atoms with E-state index in [9.17, 15) is 9.59 Å². The van der Waals surface area contributed by atoms with Crippen molar-refractivity contribution < 1.29 is 14.3 Å². The SMILES string of the molecule is C[C@@H](OC(=O)c1cccn1C)C(=O)c1ccc(C(C)(C)C)cc1. The van der Waals surface area contributed by atoms with Crippen LogP contribution in [0, 0.1) is 0 Å². The van der Waals surface area contributed by atoms with Crippen LogP contribution in [-0.2, 0) is 17.2 Å². The second-order valence-corrected chi connectivity index (χ2v) is 6.74. The molecule has 1 atom stereocenters. The molecule has 0 saturated carbocycles. The highest BCUT2D eigenvalue weighted by molar-refractivity contribution is 6.01. The van der Waals surface area contributed by atoms with Crippen molar-refractivity contribution in [2.75, 3.05) is 0 Å². The summed E-state index contributed by atoms with van der Waals surface area (Å²) in [5.41, 5.74) is 2.16. The number of carbonyl (C=O) groups is 2. The summed E-state index contributed by atoms with van der Waals surface area (Å²) in [5.74, 6) is -0.697. The van der Waals surface area contributed by atoms with Gasteiger partial charge in [-0.1, -0.05) is 45.0 Å². The lowest BCUT2D eigenvalue weighted by Gasteiger charge is -2.19. The van der Waals surface area contributed by atoms with Crippen molar-refractivity contribution in [3.05, 3.63) is 59.4 Å². The first-order chi connectivity index (χ1) is 10.7. The Kier molecular flexibility index (Phi) is 4.73. The second-order valence-electron chi connectivity index (χ2n) is 6.74. The number of aromatic nitrogens is 1. The smallest absolute Gasteiger partial charge is 0.355 e. The van der Waals surface area contributed by atoms with E-state index in [0.717, 1.165) is 5.56 Å². The largest absolute Gasteiger partial charge is 0.450 e. The number of nitrogens with zero attached hydrogens (tertiary/aromatic N) is 1. The Morgan fingerprint density at radius 2 is 1.70 bits per heavy atom. The van der Waals surface area contributed by atoms with E-state index < -0.39 is 12.1 Å². The Morgan fingerprint density at radius 3 is 2.17 bits per heavy atom. The number of ketones is 1. The van der Waals surface area contributed by atoms with Crippen molar-refractivity contribution in [2.45, 2.75) is 39.2 Å². The van der Waals surface area contributed by atoms with Gasteiger partial charge >= 0.3 is 5.97 Å². The fourth-order valence-electron chi connectivity index (χ4n) is 2.32. The van der Waals surface area contributed by atoms with Gasteiger partial charge in [-0.3, -0.25) is 4.79 Å². The van der Waals surface area contributed by atoms with Crippen molar-refractivity contribution in [2.24, 2.45) is 7.05 Å². The van der Waals surface area contributed by atoms with Gasteiger partial charge in [0.05, 0.1) is 0 Å². The Bertz CT molecular complexity index is 705. The first-order valence-electron chi connectivity index (χ1n) is 7.67. The molecule has 0 radical (unpaired) electrons. The number of rotatable bonds is 4. The molecule has 0 saturated heterocycles. The van der Waals surface area contributed by atoms with Crippen molar-refractivity contribution in [3.8, 4) is 0 Å². The molecule has 2 aromatic rings. The van der Waals surface area contributed by atoms with Crippen LogP contribution in [0.15, 0.2) is 42.6 Å². The summed E-state index contributed by atoms with van der Waals surface area (Å²) in [7, 11) is 1.76. The third-order valence-electron chi connectivity index (χ3n) is 3.84. The molecular formula is C19H23NO3. The fourth-order valence-corrected chi connectivity index (χ4v) is 2.32. The highest BCUT2D eigenvalue weighted by Crippen LogP contribution is 2.22. The van der Waals surface area contributed by atoms with Crippen molar-refractivity contribution in [1.82, 2.24) is 4.57 Å². The highest BCUT2D eigenvalue weighted by atomic mass is 16.5. The Morgan fingerprint density at radius 1 is 1.09 bits per heavy atom. The lowest BCUT2D eigenvalue weighted by atomic mass is 9.86. The van der Waals surface area contributed by atoms with E-state index in [1.165, 1.54) is 0 Å². The van der Waals surface area contributed by atoms with Gasteiger partial charge in [0.2, 0.25) is 5.78 Å². The maximum atomic E-state index is 12.4. The summed E-state index contributed by atoms with van der Waals surface area (Å²) < 4.78 is 6.94. The van der Waals surface area contributed by atoms with Crippen LogP contribution < -0.4 is 0 Å². The molecule has 0 N–H and O–H groups in total. The van der Waals surface area contributed by atoms with E-state index >= 15 is 0 Å². The molecule has 4 nitrogen and oxygen atoms in total. The zero-order valence-corrected chi connectivity index (χ0v) is 14.3. The molecule has 2 rings (SSSR count). The summed E-state index contributed by atoms with van der Waals surface area (Å²) >= 11 is 0. The van der Waals surface area contributed by atoms with Crippen LogP contribution in [0.5, 0.6) is 0 Å². The van der Waals surface area contributed by atoms with Crippen molar-refractivity contribution >= 4 is 11.8 Å². The minimum atomic E-state index is -0.821. The zero-order chi connectivity index (χ0) is 17.2. The third kappa shape index (κ3) is 3.89. The summed E-state index contributed by atoms with van der Waals surface area (Å²) in [5, 5.41) is 0. The van der Waals surface area contributed by atoms with Gasteiger partial charge in [0.15, 0.2) is 6.10 Å². The zero-order valence-electron chi connectivity index (χ0n) is 14.3. The Hall–Kier alpha value is -2.36. The van der Waals surface area contributed by atoms with Gasteiger partial charge in [-0.25, -0.2) is 4.79 Å². The number of benzene rings is 1. The number of Topliss-reactive ketones (excluding diaryl/α,β-unsaturated/α-hetero) is 1. The van der Waals surface area contributed by atoms with Crippen molar-refractivity contribution in [1.29, 1.82) is 0 Å². The van der Waals surface area contributed by atoms with Crippen LogP contribution in [0.3, 0.4) is 0 Å². The van der Waals surface area contributed by atoms with Gasteiger partial charge in [0.25, 0.3) is 0 Å². The molecule has 0 unspecified atom stereocenters. The first kappa shape index (κ1) is 17.0. The van der Waals surface area contributed by atoms with Gasteiger partial charge < -0.3 is 9.30 Å². The number of hydrogen-bond donors (Lipinski definition) is 0. The molecule has 4 heteroatoms. The average Bonchev–Trinajstić information content (AvgIpc) is 2.92. The molecule has 0 aliphatic carbocycles. The molecule has 0 spiro atoms. The molecule has 0 fully saturated rings. The number of hydrogen-bond acceptors (Lipinski definition) is 3. The first-order valence-corrected chi connectivity index (χ1v) is 7.67. The molecule has 1 aromatic heterocycles. The predicted octanol–water partition coefficient (Wildman–Crippen LogP) is 3.75. The molecule has 23 heavy (non-hydrogen) atoms. The molecule has 0 aliphatic heterocycles. The molecule has 1 heterocycles. The summed E-state index contributed by atoms with van der Waals surface area (Å²) in [6.45, 7) is 7.96. The van der Waals surface area contributed by atoms with Crippen LogP contribution in [-0.4, -0.2) is 22.4 Å². The molecule has 0 aliphatic rings. The van der Waals surface area contributed by atoms with Gasteiger partial charge in [-0.15, -0.1) is 0 Å². The summed E-state index contributed by atoms with van der Waals surface area (Å²) in [6, 6.07) is 10.9. The fraction of sp³-hybridized carbons (Fsp3) is 0.368. The van der Waals surface area contributed by atoms with E-state index in [1.807, 2.05) is 12.1 Å². The highest BCUT2D eigenvalue weighted by Gasteiger charge is 2.22. The van der Waals surface area contributed by atoms with E-state index in [1.54, 1.807) is 49.0 Å². The molecule has 0 bridgehead atoms. The third-order valence-corrected chi connectivity index (χ3v) is 3.84. The van der Waals surface area contributed by atoms with E-state index in [4.69, 9.17) is 4.74 Å². The van der Waals surface area contributed by atoms with Gasteiger partial charge in [0.1, 0.15) is 5.69 Å². The van der Waals surface area contributed by atoms with E-state index in [0.29, 0.717) is 11.3 Å². The quantitative estimate of drug-likeness (QED) is 0.638. The lowest BCUT2D eigenvalue weighted by Crippen LogP contribution is -2.25. The van der Waals surface area contributed by atoms with Crippen LogP contribution >= 0.6 is 0 Å². The van der Waals surface area contributed by atoms with Gasteiger partial charge in [-0.05, 0) is 30.0 Å². The molecule has 0 amide bonds. The van der Waals surface area contributed by atoms with Crippen LogP contribution in [0.1, 0.15) is 54.1 Å². The number of ether oxygens (including phenoxy) is 1. The standard InChI is InChI=1S/C19H23NO3/c1-13(23-18(22)16-7-6-12-20(16)5)17(21)14-8-10-15(11-9-14)19(2,3)4/h6-13H,1-5H3/t13-/m1/s1. The molecule has 1 aromatic carbocycles. The number of aryl methyl sites for hydroxylation is 1. The minimum Gasteiger partial charge on any atom is -0.450 e. The topological polar surface area (TPSA) is 48.3 Å². The average molecular weight is 313 g/mol. The van der Waals surface area contributed by atoms with Gasteiger partial charge in [-0.2, -0.15) is 0 Å². The summed E-state index contributed by atoms with van der Waals surface area (Å²) in [6.07, 6.45) is 0.937. The predicted molar refractivity (Wildman–Crippen MR) is 89.8 cm³/mol. The lowest BCUT2D eigenvalue weighted by molar-refractivity contribution is 0.0309. The maximum Gasteiger partial charge on any atom is 0.355 e. The second kappa shape index (κ2) is 6.41. The normalized spacial score (nSPS) is 12.7. The van der Waals surface area contributed by atoms with Crippen molar-refractivity contribution in [3.63, 3.8) is 0 Å². The Balaban J connectivity index is 2.08. The van der Waals surface area contributed by atoms with E-state index in [-0.39, 0.29) is 11.2 Å². The number of carbonyl (C=O) groups excluding carboxylic acids is 2. The van der Waals surface area contributed by atoms with Crippen LogP contribution in [0.25, 0.3) is 0 Å². The molecule has 122 valence electrons. The summed E-state index contributed by atoms with van der Waals surface area (Å²) in [4.78, 5) is 24.5. The minimum absolute atomic E-state index is 0.0339. The monoisotopic (exact) mass is 313 g/mol. The molecular weight excluding hydrogens is 290 g/mol.